The van der Waals surface area contributed by atoms with Gasteiger partial charge in [-0.15, -0.1) is 11.3 Å². The first-order valence-electron chi connectivity index (χ1n) is 5.19. The number of halogens is 2. The number of hydrogen-bond acceptors (Lipinski definition) is 3. The van der Waals surface area contributed by atoms with Gasteiger partial charge in [-0.25, -0.2) is 8.78 Å². The molecule has 0 saturated carbocycles. The highest BCUT2D eigenvalue weighted by molar-refractivity contribution is 7.12. The van der Waals surface area contributed by atoms with Crippen molar-refractivity contribution < 1.29 is 18.3 Å². The molecular weight excluding hydrogens is 258 g/mol. The zero-order chi connectivity index (χ0) is 13.1. The van der Waals surface area contributed by atoms with E-state index in [1.807, 2.05) is 0 Å². The van der Waals surface area contributed by atoms with E-state index in [4.69, 9.17) is 4.74 Å². The minimum atomic E-state index is -0.679. The first-order chi connectivity index (χ1) is 8.58. The van der Waals surface area contributed by atoms with Gasteiger partial charge >= 0.3 is 0 Å². The number of methoxy groups -OCH3 is 1. The molecule has 0 aliphatic heterocycles. The molecule has 0 saturated heterocycles. The molecular formula is C13H10F2O2S. The Kier molecular flexibility index (Phi) is 3.72. The topological polar surface area (TPSA) is 26.3 Å². The van der Waals surface area contributed by atoms with Crippen molar-refractivity contribution in [3.05, 3.63) is 51.7 Å². The fraction of sp³-hybridized carbons (Fsp3) is 0.154. The number of carbonyl (C=O) groups excluding carboxylic acids is 1. The molecule has 5 heteroatoms. The second-order valence-electron chi connectivity index (χ2n) is 3.73. The second-order valence-corrected chi connectivity index (χ2v) is 4.64. The molecule has 0 bridgehead atoms. The molecule has 2 rings (SSSR count). The highest BCUT2D eigenvalue weighted by Crippen LogP contribution is 2.22. The predicted octanol–water partition coefficient (Wildman–Crippen LogP) is 3.46. The molecule has 0 amide bonds. The lowest BCUT2D eigenvalue weighted by molar-refractivity contribution is 0.0996. The van der Waals surface area contributed by atoms with Gasteiger partial charge in [0, 0.05) is 23.9 Å². The van der Waals surface area contributed by atoms with Crippen LogP contribution in [0, 0.1) is 11.6 Å². The van der Waals surface area contributed by atoms with Gasteiger partial charge in [-0.2, -0.15) is 0 Å². The summed E-state index contributed by atoms with van der Waals surface area (Å²) in [4.78, 5) is 12.4. The van der Waals surface area contributed by atoms with Gasteiger partial charge in [-0.05, 0) is 17.7 Å². The van der Waals surface area contributed by atoms with Crippen molar-refractivity contribution in [3.8, 4) is 5.75 Å². The average molecular weight is 268 g/mol. The monoisotopic (exact) mass is 268 g/mol. The third-order valence-corrected chi connectivity index (χ3v) is 3.32. The highest BCUT2D eigenvalue weighted by atomic mass is 32.1. The van der Waals surface area contributed by atoms with Crippen LogP contribution < -0.4 is 4.74 Å². The van der Waals surface area contributed by atoms with Crippen molar-refractivity contribution in [1.82, 2.24) is 0 Å². The van der Waals surface area contributed by atoms with Gasteiger partial charge < -0.3 is 4.74 Å². The van der Waals surface area contributed by atoms with E-state index in [2.05, 4.69) is 0 Å². The van der Waals surface area contributed by atoms with E-state index in [0.29, 0.717) is 16.2 Å². The summed E-state index contributed by atoms with van der Waals surface area (Å²) in [5.41, 5.74) is 0.324. The highest BCUT2D eigenvalue weighted by Gasteiger charge is 2.12. The Morgan fingerprint density at radius 3 is 2.44 bits per heavy atom. The van der Waals surface area contributed by atoms with Crippen LogP contribution in [0.5, 0.6) is 5.75 Å². The van der Waals surface area contributed by atoms with Crippen LogP contribution in [-0.2, 0) is 6.42 Å². The van der Waals surface area contributed by atoms with Gasteiger partial charge in [0.2, 0.25) is 0 Å². The molecule has 2 nitrogen and oxygen atoms in total. The quantitative estimate of drug-likeness (QED) is 0.794. The Morgan fingerprint density at radius 1 is 1.22 bits per heavy atom. The minimum absolute atomic E-state index is 0.0294. The second kappa shape index (κ2) is 5.27. The number of ketones is 1. The van der Waals surface area contributed by atoms with Gasteiger partial charge in [0.05, 0.1) is 12.0 Å². The molecule has 0 aliphatic carbocycles. The summed E-state index contributed by atoms with van der Waals surface area (Å²) in [6, 6.07) is 4.71. The first kappa shape index (κ1) is 12.7. The van der Waals surface area contributed by atoms with Crippen LogP contribution in [0.1, 0.15) is 15.2 Å². The Balaban J connectivity index is 2.15. The summed E-state index contributed by atoms with van der Waals surface area (Å²) in [7, 11) is 1.51. The Hall–Kier alpha value is -1.75. The smallest absolute Gasteiger partial charge is 0.177 e. The van der Waals surface area contributed by atoms with Crippen molar-refractivity contribution in [2.75, 3.05) is 7.11 Å². The van der Waals surface area contributed by atoms with Crippen molar-refractivity contribution in [3.63, 3.8) is 0 Å². The molecule has 2 aromatic rings. The van der Waals surface area contributed by atoms with E-state index in [1.165, 1.54) is 18.4 Å². The zero-order valence-electron chi connectivity index (χ0n) is 9.57. The van der Waals surface area contributed by atoms with Crippen LogP contribution in [0.2, 0.25) is 0 Å². The van der Waals surface area contributed by atoms with Crippen LogP contribution in [0.25, 0.3) is 0 Å². The molecule has 0 aliphatic rings. The average Bonchev–Trinajstić information content (AvgIpc) is 2.75. The summed E-state index contributed by atoms with van der Waals surface area (Å²) in [6.07, 6.45) is -0.0294. The van der Waals surface area contributed by atoms with E-state index in [0.717, 1.165) is 18.2 Å². The van der Waals surface area contributed by atoms with E-state index in [1.54, 1.807) is 11.4 Å². The number of ether oxygens (including phenoxy) is 1. The Morgan fingerprint density at radius 2 is 1.89 bits per heavy atom. The van der Waals surface area contributed by atoms with Crippen molar-refractivity contribution in [2.45, 2.75) is 6.42 Å². The van der Waals surface area contributed by atoms with E-state index in [-0.39, 0.29) is 12.2 Å². The van der Waals surface area contributed by atoms with Crippen LogP contribution in [0.3, 0.4) is 0 Å². The fourth-order valence-corrected chi connectivity index (χ4v) is 2.35. The summed E-state index contributed by atoms with van der Waals surface area (Å²) >= 11 is 1.25. The predicted molar refractivity (Wildman–Crippen MR) is 65.3 cm³/mol. The van der Waals surface area contributed by atoms with Crippen molar-refractivity contribution in [1.29, 1.82) is 0 Å². The maximum atomic E-state index is 13.0. The first-order valence-corrected chi connectivity index (χ1v) is 6.07. The van der Waals surface area contributed by atoms with Crippen LogP contribution in [-0.4, -0.2) is 12.9 Å². The third kappa shape index (κ3) is 2.92. The molecule has 0 spiro atoms. The third-order valence-electron chi connectivity index (χ3n) is 2.37. The minimum Gasteiger partial charge on any atom is -0.496 e. The summed E-state index contributed by atoms with van der Waals surface area (Å²) in [5, 5.41) is 1.71. The normalized spacial score (nSPS) is 10.4. The number of Topliss-reactive ketones (excluding diaryl/α,β-unsaturated/α-hetero) is 1. The van der Waals surface area contributed by atoms with Gasteiger partial charge in [0.15, 0.2) is 5.78 Å². The molecule has 0 radical (unpaired) electrons. The van der Waals surface area contributed by atoms with Gasteiger partial charge in [0.25, 0.3) is 0 Å². The molecule has 1 aromatic carbocycles. The maximum Gasteiger partial charge on any atom is 0.177 e. The SMILES string of the molecule is COc1csc(C(=O)Cc2cc(F)cc(F)c2)c1. The lowest BCUT2D eigenvalue weighted by atomic mass is 10.1. The summed E-state index contributed by atoms with van der Waals surface area (Å²) in [5.74, 6) is -0.940. The molecule has 0 N–H and O–H groups in total. The molecule has 0 atom stereocenters. The van der Waals surface area contributed by atoms with Gasteiger partial charge in [-0.3, -0.25) is 4.79 Å². The Labute approximate surface area is 107 Å². The van der Waals surface area contributed by atoms with Gasteiger partial charge in [0.1, 0.15) is 17.4 Å². The van der Waals surface area contributed by atoms with Crippen molar-refractivity contribution >= 4 is 17.1 Å². The van der Waals surface area contributed by atoms with Crippen LogP contribution in [0.15, 0.2) is 29.6 Å². The summed E-state index contributed by atoms with van der Waals surface area (Å²) in [6.45, 7) is 0. The van der Waals surface area contributed by atoms with E-state index in [9.17, 15) is 13.6 Å². The fourth-order valence-electron chi connectivity index (χ4n) is 1.56. The lowest BCUT2D eigenvalue weighted by Crippen LogP contribution is -2.02. The zero-order valence-corrected chi connectivity index (χ0v) is 10.4. The van der Waals surface area contributed by atoms with Crippen molar-refractivity contribution in [2.24, 2.45) is 0 Å². The molecule has 1 aromatic heterocycles. The number of carbonyl (C=O) groups is 1. The molecule has 1 heterocycles. The molecule has 18 heavy (non-hydrogen) atoms. The largest absolute Gasteiger partial charge is 0.496 e. The maximum absolute atomic E-state index is 13.0. The molecule has 0 unspecified atom stereocenters. The van der Waals surface area contributed by atoms with E-state index < -0.39 is 11.6 Å². The molecule has 94 valence electrons. The number of thiophene rings is 1. The Bertz CT molecular complexity index is 558. The summed E-state index contributed by atoms with van der Waals surface area (Å²) < 4.78 is 30.9. The molecule has 0 fully saturated rings. The number of hydrogen-bond donors (Lipinski definition) is 0. The van der Waals surface area contributed by atoms with Crippen LogP contribution >= 0.6 is 11.3 Å². The standard InChI is InChI=1S/C13H10F2O2S/c1-17-11-6-13(18-7-11)12(16)4-8-2-9(14)5-10(15)3-8/h2-3,5-7H,4H2,1H3. The lowest BCUT2D eigenvalue weighted by Gasteiger charge is -2.00. The van der Waals surface area contributed by atoms with Gasteiger partial charge in [-0.1, -0.05) is 0 Å². The van der Waals surface area contributed by atoms with Crippen LogP contribution in [0.4, 0.5) is 8.78 Å². The number of benzene rings is 1. The van der Waals surface area contributed by atoms with E-state index >= 15 is 0 Å². The number of rotatable bonds is 4.